The van der Waals surface area contributed by atoms with Crippen LogP contribution in [0.5, 0.6) is 0 Å². The highest BCUT2D eigenvalue weighted by atomic mass is 19.1. The van der Waals surface area contributed by atoms with Crippen LogP contribution in [0.1, 0.15) is 12.6 Å². The molecule has 3 rings (SSSR count). The highest BCUT2D eigenvalue weighted by molar-refractivity contribution is 5.74. The van der Waals surface area contributed by atoms with E-state index < -0.39 is 0 Å². The summed E-state index contributed by atoms with van der Waals surface area (Å²) < 4.78 is 23.7. The van der Waals surface area contributed by atoms with Crippen molar-refractivity contribution in [3.05, 3.63) is 42.0 Å². The first-order chi connectivity index (χ1) is 11.6. The van der Waals surface area contributed by atoms with Gasteiger partial charge in [0, 0.05) is 31.6 Å². The maximum atomic E-state index is 12.9. The fraction of sp³-hybridized carbons (Fsp3) is 0.412. The van der Waals surface area contributed by atoms with Crippen LogP contribution in [0, 0.1) is 5.82 Å². The van der Waals surface area contributed by atoms with Crippen LogP contribution in [0.4, 0.5) is 9.18 Å². The molecule has 1 aliphatic rings. The summed E-state index contributed by atoms with van der Waals surface area (Å²) in [5.41, 5.74) is 1.46. The van der Waals surface area contributed by atoms with Gasteiger partial charge in [-0.3, -0.25) is 0 Å². The predicted octanol–water partition coefficient (Wildman–Crippen LogP) is 2.45. The Hall–Kier alpha value is -2.41. The molecule has 1 saturated heterocycles. The summed E-state index contributed by atoms with van der Waals surface area (Å²) in [5.74, 6) is 0.143. The Balaban J connectivity index is 1.49. The molecule has 128 valence electrons. The first kappa shape index (κ1) is 16.4. The zero-order valence-electron chi connectivity index (χ0n) is 13.5. The molecule has 7 heteroatoms. The van der Waals surface area contributed by atoms with Crippen molar-refractivity contribution >= 4 is 6.03 Å². The standard InChI is InChI=1S/C17H20FN3O3/c1-12-10-21(8-9-23-12)17(22)19-7-6-15-11-24-16(20-15)13-2-4-14(18)5-3-13/h2-5,11-12H,6-10H2,1H3,(H,19,22). The fourth-order valence-electron chi connectivity index (χ4n) is 2.56. The Labute approximate surface area is 139 Å². The molecule has 2 amide bonds. The number of benzene rings is 1. The fourth-order valence-corrected chi connectivity index (χ4v) is 2.56. The number of carbonyl (C=O) groups is 1. The van der Waals surface area contributed by atoms with Gasteiger partial charge in [0.1, 0.15) is 12.1 Å². The van der Waals surface area contributed by atoms with Crippen molar-refractivity contribution in [3.8, 4) is 11.5 Å². The first-order valence-electron chi connectivity index (χ1n) is 7.96. The van der Waals surface area contributed by atoms with Crippen LogP contribution in [0.25, 0.3) is 11.5 Å². The number of hydrogen-bond donors (Lipinski definition) is 1. The molecule has 0 spiro atoms. The minimum Gasteiger partial charge on any atom is -0.444 e. The van der Waals surface area contributed by atoms with Gasteiger partial charge in [0.25, 0.3) is 0 Å². The van der Waals surface area contributed by atoms with Gasteiger partial charge in [-0.15, -0.1) is 0 Å². The molecule has 6 nitrogen and oxygen atoms in total. The second kappa shape index (κ2) is 7.44. The van der Waals surface area contributed by atoms with E-state index in [1.165, 1.54) is 12.1 Å². The lowest BCUT2D eigenvalue weighted by Gasteiger charge is -2.31. The average molecular weight is 333 g/mol. The number of hydrogen-bond acceptors (Lipinski definition) is 4. The van der Waals surface area contributed by atoms with E-state index in [1.54, 1.807) is 23.3 Å². The number of ether oxygens (including phenoxy) is 1. The number of nitrogens with one attached hydrogen (secondary N) is 1. The maximum absolute atomic E-state index is 12.9. The highest BCUT2D eigenvalue weighted by Crippen LogP contribution is 2.19. The van der Waals surface area contributed by atoms with Gasteiger partial charge < -0.3 is 19.4 Å². The molecule has 1 fully saturated rings. The monoisotopic (exact) mass is 333 g/mol. The lowest BCUT2D eigenvalue weighted by Crippen LogP contribution is -2.49. The molecule has 1 aliphatic heterocycles. The maximum Gasteiger partial charge on any atom is 0.317 e. The molecule has 1 unspecified atom stereocenters. The lowest BCUT2D eigenvalue weighted by atomic mass is 10.2. The van der Waals surface area contributed by atoms with Gasteiger partial charge in [-0.1, -0.05) is 0 Å². The summed E-state index contributed by atoms with van der Waals surface area (Å²) in [6, 6.07) is 5.87. The molecule has 1 aromatic heterocycles. The van der Waals surface area contributed by atoms with E-state index in [0.29, 0.717) is 44.1 Å². The molecule has 1 N–H and O–H groups in total. The minimum atomic E-state index is -0.300. The largest absolute Gasteiger partial charge is 0.444 e. The molecule has 2 heterocycles. The Kier molecular flexibility index (Phi) is 5.10. The van der Waals surface area contributed by atoms with Crippen molar-refractivity contribution in [3.63, 3.8) is 0 Å². The van der Waals surface area contributed by atoms with E-state index in [9.17, 15) is 9.18 Å². The van der Waals surface area contributed by atoms with Crippen LogP contribution in [0.15, 0.2) is 34.9 Å². The van der Waals surface area contributed by atoms with E-state index in [-0.39, 0.29) is 18.0 Å². The molecular formula is C17H20FN3O3. The summed E-state index contributed by atoms with van der Waals surface area (Å²) in [5, 5.41) is 2.88. The molecule has 1 aromatic carbocycles. The van der Waals surface area contributed by atoms with Crippen LogP contribution in [0.2, 0.25) is 0 Å². The number of carbonyl (C=O) groups excluding carboxylic acids is 1. The van der Waals surface area contributed by atoms with E-state index in [1.807, 2.05) is 6.92 Å². The molecule has 2 aromatic rings. The second-order valence-electron chi connectivity index (χ2n) is 5.76. The minimum absolute atomic E-state index is 0.0679. The van der Waals surface area contributed by atoms with Gasteiger partial charge in [0.05, 0.1) is 18.4 Å². The average Bonchev–Trinajstić information content (AvgIpc) is 3.04. The van der Waals surface area contributed by atoms with Crippen molar-refractivity contribution in [2.24, 2.45) is 0 Å². The van der Waals surface area contributed by atoms with Gasteiger partial charge in [-0.25, -0.2) is 14.2 Å². The molecule has 0 saturated carbocycles. The van der Waals surface area contributed by atoms with Crippen molar-refractivity contribution in [1.82, 2.24) is 15.2 Å². The third-order valence-electron chi connectivity index (χ3n) is 3.83. The van der Waals surface area contributed by atoms with Crippen LogP contribution in [-0.4, -0.2) is 48.3 Å². The quantitative estimate of drug-likeness (QED) is 0.933. The number of oxazole rings is 1. The number of halogens is 1. The van der Waals surface area contributed by atoms with E-state index >= 15 is 0 Å². The third-order valence-corrected chi connectivity index (χ3v) is 3.83. The Morgan fingerprint density at radius 2 is 2.21 bits per heavy atom. The van der Waals surface area contributed by atoms with Gasteiger partial charge in [-0.05, 0) is 31.2 Å². The molecule has 24 heavy (non-hydrogen) atoms. The SMILES string of the molecule is CC1CN(C(=O)NCCc2coc(-c3ccc(F)cc3)n2)CCO1. The van der Waals surface area contributed by atoms with Crippen molar-refractivity contribution in [2.75, 3.05) is 26.2 Å². The van der Waals surface area contributed by atoms with Crippen LogP contribution < -0.4 is 5.32 Å². The topological polar surface area (TPSA) is 67.6 Å². The predicted molar refractivity (Wildman–Crippen MR) is 86.0 cm³/mol. The molecular weight excluding hydrogens is 313 g/mol. The van der Waals surface area contributed by atoms with Crippen molar-refractivity contribution < 1.29 is 18.3 Å². The van der Waals surface area contributed by atoms with Gasteiger partial charge in [0.15, 0.2) is 0 Å². The highest BCUT2D eigenvalue weighted by Gasteiger charge is 2.20. The van der Waals surface area contributed by atoms with E-state index in [2.05, 4.69) is 10.3 Å². The van der Waals surface area contributed by atoms with Crippen molar-refractivity contribution in [2.45, 2.75) is 19.4 Å². The second-order valence-corrected chi connectivity index (χ2v) is 5.76. The summed E-state index contributed by atoms with van der Waals surface area (Å²) in [6.45, 7) is 4.20. The van der Waals surface area contributed by atoms with Gasteiger partial charge in [-0.2, -0.15) is 0 Å². The zero-order valence-corrected chi connectivity index (χ0v) is 13.5. The zero-order chi connectivity index (χ0) is 16.9. The Bertz CT molecular complexity index is 687. The smallest absolute Gasteiger partial charge is 0.317 e. The van der Waals surface area contributed by atoms with Gasteiger partial charge >= 0.3 is 6.03 Å². The van der Waals surface area contributed by atoms with Crippen LogP contribution in [-0.2, 0) is 11.2 Å². The summed E-state index contributed by atoms with van der Waals surface area (Å²) >= 11 is 0. The third kappa shape index (κ3) is 4.11. The van der Waals surface area contributed by atoms with Gasteiger partial charge in [0.2, 0.25) is 5.89 Å². The lowest BCUT2D eigenvalue weighted by molar-refractivity contribution is -0.00343. The number of aromatic nitrogens is 1. The van der Waals surface area contributed by atoms with E-state index in [0.717, 1.165) is 5.69 Å². The number of urea groups is 1. The van der Waals surface area contributed by atoms with Crippen LogP contribution in [0.3, 0.4) is 0 Å². The normalized spacial score (nSPS) is 17.8. The summed E-state index contributed by atoms with van der Waals surface area (Å²) in [4.78, 5) is 18.2. The Morgan fingerprint density at radius 3 is 2.96 bits per heavy atom. The number of morpholine rings is 1. The van der Waals surface area contributed by atoms with Crippen molar-refractivity contribution in [1.29, 1.82) is 0 Å². The van der Waals surface area contributed by atoms with E-state index in [4.69, 9.17) is 9.15 Å². The Morgan fingerprint density at radius 1 is 1.42 bits per heavy atom. The summed E-state index contributed by atoms with van der Waals surface area (Å²) in [6.07, 6.45) is 2.19. The number of rotatable bonds is 4. The number of amides is 2. The molecule has 0 radical (unpaired) electrons. The first-order valence-corrected chi connectivity index (χ1v) is 7.96. The molecule has 1 atom stereocenters. The number of nitrogens with zero attached hydrogens (tertiary/aromatic N) is 2. The molecule has 0 aliphatic carbocycles. The summed E-state index contributed by atoms with van der Waals surface area (Å²) in [7, 11) is 0. The van der Waals surface area contributed by atoms with Crippen LogP contribution >= 0.6 is 0 Å². The molecule has 0 bridgehead atoms.